The first-order valence-corrected chi connectivity index (χ1v) is 8.50. The zero-order chi connectivity index (χ0) is 18.4. The van der Waals surface area contributed by atoms with Crippen molar-refractivity contribution in [3.8, 4) is 5.69 Å². The molecule has 0 unspecified atom stereocenters. The molecule has 0 radical (unpaired) electrons. The van der Waals surface area contributed by atoms with Crippen LogP contribution in [0.15, 0.2) is 42.6 Å². The summed E-state index contributed by atoms with van der Waals surface area (Å²) in [5.41, 5.74) is 0.902. The van der Waals surface area contributed by atoms with Crippen molar-refractivity contribution in [2.45, 2.75) is 33.6 Å². The van der Waals surface area contributed by atoms with Gasteiger partial charge >= 0.3 is 5.97 Å². The molecule has 0 spiro atoms. The van der Waals surface area contributed by atoms with Crippen LogP contribution >= 0.6 is 0 Å². The second kappa shape index (κ2) is 8.46. The van der Waals surface area contributed by atoms with Crippen molar-refractivity contribution in [3.63, 3.8) is 0 Å². The molecule has 2 N–H and O–H groups in total. The van der Waals surface area contributed by atoms with Crippen LogP contribution in [0, 0.1) is 17.8 Å². The van der Waals surface area contributed by atoms with E-state index in [1.54, 1.807) is 16.9 Å². The predicted molar refractivity (Wildman–Crippen MR) is 96.6 cm³/mol. The highest BCUT2D eigenvalue weighted by atomic mass is 16.4. The summed E-state index contributed by atoms with van der Waals surface area (Å²) in [5.74, 6) is -1.10. The predicted octanol–water partition coefficient (Wildman–Crippen LogP) is 3.58. The van der Waals surface area contributed by atoms with Crippen LogP contribution in [0.5, 0.6) is 0 Å². The van der Waals surface area contributed by atoms with E-state index in [9.17, 15) is 14.7 Å². The van der Waals surface area contributed by atoms with Gasteiger partial charge in [0.2, 0.25) is 5.91 Å². The largest absolute Gasteiger partial charge is 0.481 e. The van der Waals surface area contributed by atoms with Crippen LogP contribution in [0.25, 0.3) is 5.69 Å². The highest BCUT2D eigenvalue weighted by molar-refractivity contribution is 5.90. The number of hydrogen-bond donors (Lipinski definition) is 2. The van der Waals surface area contributed by atoms with E-state index in [-0.39, 0.29) is 24.2 Å². The van der Waals surface area contributed by atoms with Crippen molar-refractivity contribution in [2.24, 2.45) is 17.8 Å². The molecule has 1 aromatic carbocycles. The minimum Gasteiger partial charge on any atom is -0.481 e. The van der Waals surface area contributed by atoms with E-state index in [1.165, 1.54) is 0 Å². The lowest BCUT2D eigenvalue weighted by Crippen LogP contribution is -2.27. The molecule has 1 amide bonds. The molecule has 0 saturated heterocycles. The molecular weight excluding hydrogens is 318 g/mol. The van der Waals surface area contributed by atoms with Gasteiger partial charge in [-0.25, -0.2) is 4.68 Å². The molecular formula is C19H25N3O3. The summed E-state index contributed by atoms with van der Waals surface area (Å²) >= 11 is 0. The highest BCUT2D eigenvalue weighted by Crippen LogP contribution is 2.24. The summed E-state index contributed by atoms with van der Waals surface area (Å²) in [5, 5.41) is 16.4. The number of aromatic nitrogens is 2. The summed E-state index contributed by atoms with van der Waals surface area (Å²) in [7, 11) is 0. The average Bonchev–Trinajstić information content (AvgIpc) is 3.01. The monoisotopic (exact) mass is 343 g/mol. The molecule has 0 fully saturated rings. The molecule has 2 aromatic rings. The number of nitrogens with one attached hydrogen (secondary N) is 1. The van der Waals surface area contributed by atoms with Crippen molar-refractivity contribution >= 4 is 17.7 Å². The van der Waals surface area contributed by atoms with Crippen LogP contribution in [0.2, 0.25) is 0 Å². The zero-order valence-electron chi connectivity index (χ0n) is 14.8. The molecule has 2 atom stereocenters. The van der Waals surface area contributed by atoms with Gasteiger partial charge in [-0.1, -0.05) is 39.0 Å². The molecule has 25 heavy (non-hydrogen) atoms. The van der Waals surface area contributed by atoms with Crippen LogP contribution in [0.4, 0.5) is 5.82 Å². The van der Waals surface area contributed by atoms with Crippen LogP contribution < -0.4 is 5.32 Å². The van der Waals surface area contributed by atoms with Gasteiger partial charge in [-0.15, -0.1) is 0 Å². The van der Waals surface area contributed by atoms with E-state index in [0.717, 1.165) is 5.69 Å². The van der Waals surface area contributed by atoms with Crippen LogP contribution in [0.3, 0.4) is 0 Å². The van der Waals surface area contributed by atoms with E-state index < -0.39 is 11.9 Å². The Morgan fingerprint density at radius 2 is 1.84 bits per heavy atom. The van der Waals surface area contributed by atoms with E-state index in [1.807, 2.05) is 51.1 Å². The molecule has 0 aliphatic rings. The number of carboxylic acid groups (broad SMARTS) is 1. The first kappa shape index (κ1) is 18.7. The minimum absolute atomic E-state index is 0.155. The number of carboxylic acids is 1. The molecule has 134 valence electrons. The van der Waals surface area contributed by atoms with Gasteiger partial charge in [0.1, 0.15) is 0 Å². The van der Waals surface area contributed by atoms with E-state index >= 15 is 0 Å². The standard InChI is InChI=1S/C19H25N3O3/c1-13(2)11-16(19(24)25)14(3)12-18(23)20-17-9-10-22(21-17)15-7-5-4-6-8-15/h4-10,13-14,16H,11-12H2,1-3H3,(H,24,25)(H,20,21,23)/t14-,16-/m1/s1. The quantitative estimate of drug-likeness (QED) is 0.767. The van der Waals surface area contributed by atoms with E-state index in [0.29, 0.717) is 12.2 Å². The normalized spacial score (nSPS) is 13.4. The average molecular weight is 343 g/mol. The second-order valence-corrected chi connectivity index (χ2v) is 6.78. The molecule has 0 saturated carbocycles. The lowest BCUT2D eigenvalue weighted by Gasteiger charge is -2.21. The first-order chi connectivity index (χ1) is 11.9. The Morgan fingerprint density at radius 3 is 2.44 bits per heavy atom. The molecule has 1 heterocycles. The van der Waals surface area contributed by atoms with Gasteiger partial charge in [0.25, 0.3) is 0 Å². The lowest BCUT2D eigenvalue weighted by molar-refractivity contribution is -0.144. The Balaban J connectivity index is 1.96. The number of carbonyl (C=O) groups is 2. The third-order valence-electron chi connectivity index (χ3n) is 4.11. The van der Waals surface area contributed by atoms with Gasteiger partial charge in [-0.05, 0) is 30.4 Å². The maximum atomic E-state index is 12.2. The smallest absolute Gasteiger partial charge is 0.306 e. The second-order valence-electron chi connectivity index (χ2n) is 6.78. The minimum atomic E-state index is -0.845. The Morgan fingerprint density at radius 1 is 1.16 bits per heavy atom. The number of nitrogens with zero attached hydrogens (tertiary/aromatic N) is 2. The maximum Gasteiger partial charge on any atom is 0.306 e. The third kappa shape index (κ3) is 5.45. The zero-order valence-corrected chi connectivity index (χ0v) is 14.8. The van der Waals surface area contributed by atoms with Gasteiger partial charge in [0, 0.05) is 18.7 Å². The topological polar surface area (TPSA) is 84.2 Å². The van der Waals surface area contributed by atoms with Crippen LogP contribution in [-0.4, -0.2) is 26.8 Å². The number of anilines is 1. The fourth-order valence-electron chi connectivity index (χ4n) is 2.83. The molecule has 6 nitrogen and oxygen atoms in total. The van der Waals surface area contributed by atoms with Gasteiger partial charge in [-0.3, -0.25) is 9.59 Å². The van der Waals surface area contributed by atoms with Crippen LogP contribution in [0.1, 0.15) is 33.6 Å². The van der Waals surface area contributed by atoms with E-state index in [4.69, 9.17) is 0 Å². The first-order valence-electron chi connectivity index (χ1n) is 8.50. The Kier molecular flexibility index (Phi) is 6.33. The van der Waals surface area contributed by atoms with Crippen molar-refractivity contribution in [1.82, 2.24) is 9.78 Å². The Labute approximate surface area is 147 Å². The molecule has 1 aromatic heterocycles. The molecule has 2 rings (SSSR count). The number of para-hydroxylation sites is 1. The van der Waals surface area contributed by atoms with Crippen molar-refractivity contribution in [3.05, 3.63) is 42.6 Å². The van der Waals surface area contributed by atoms with Gasteiger partial charge in [0.15, 0.2) is 5.82 Å². The highest BCUT2D eigenvalue weighted by Gasteiger charge is 2.27. The molecule has 6 heteroatoms. The SMILES string of the molecule is CC(C)C[C@@H](C(=O)O)[C@H](C)CC(=O)Nc1ccn(-c2ccccc2)n1. The maximum absolute atomic E-state index is 12.2. The Hall–Kier alpha value is -2.63. The van der Waals surface area contributed by atoms with Crippen molar-refractivity contribution in [1.29, 1.82) is 0 Å². The number of carbonyl (C=O) groups excluding carboxylic acids is 1. The number of benzene rings is 1. The number of rotatable bonds is 8. The van der Waals surface area contributed by atoms with E-state index in [2.05, 4.69) is 10.4 Å². The third-order valence-corrected chi connectivity index (χ3v) is 4.11. The molecule has 0 bridgehead atoms. The Bertz CT molecular complexity index is 710. The summed E-state index contributed by atoms with van der Waals surface area (Å²) in [6, 6.07) is 11.3. The van der Waals surface area contributed by atoms with Gasteiger partial charge in [0.05, 0.1) is 11.6 Å². The lowest BCUT2D eigenvalue weighted by atomic mass is 9.84. The summed E-state index contributed by atoms with van der Waals surface area (Å²) in [4.78, 5) is 23.7. The summed E-state index contributed by atoms with van der Waals surface area (Å²) in [6.07, 6.45) is 2.49. The number of hydrogen-bond acceptors (Lipinski definition) is 3. The van der Waals surface area contributed by atoms with Crippen molar-refractivity contribution in [2.75, 3.05) is 5.32 Å². The van der Waals surface area contributed by atoms with Gasteiger partial charge < -0.3 is 10.4 Å². The summed E-state index contributed by atoms with van der Waals surface area (Å²) < 4.78 is 1.68. The van der Waals surface area contributed by atoms with Crippen LogP contribution in [-0.2, 0) is 9.59 Å². The van der Waals surface area contributed by atoms with Gasteiger partial charge in [-0.2, -0.15) is 5.10 Å². The molecule has 0 aliphatic carbocycles. The fourth-order valence-corrected chi connectivity index (χ4v) is 2.83. The number of amides is 1. The summed E-state index contributed by atoms with van der Waals surface area (Å²) in [6.45, 7) is 5.78. The molecule has 0 aliphatic heterocycles. The van der Waals surface area contributed by atoms with Crippen molar-refractivity contribution < 1.29 is 14.7 Å². The number of aliphatic carboxylic acids is 1. The fraction of sp³-hybridized carbons (Fsp3) is 0.421.